The summed E-state index contributed by atoms with van der Waals surface area (Å²) in [6.07, 6.45) is 1.63. The molecule has 1 aliphatic rings. The molecule has 0 aliphatic carbocycles. The molecule has 1 saturated heterocycles. The summed E-state index contributed by atoms with van der Waals surface area (Å²) in [4.78, 5) is 22.3. The van der Waals surface area contributed by atoms with Crippen molar-refractivity contribution in [2.24, 2.45) is 5.41 Å². The van der Waals surface area contributed by atoms with Gasteiger partial charge < -0.3 is 9.64 Å². The third-order valence-electron chi connectivity index (χ3n) is 6.08. The molecular weight excluding hydrogens is 456 g/mol. The monoisotopic (exact) mass is 490 g/mol. The van der Waals surface area contributed by atoms with Gasteiger partial charge in [-0.1, -0.05) is 20.8 Å². The molecule has 10 heteroatoms. The smallest absolute Gasteiger partial charge is 0.269 e. The van der Waals surface area contributed by atoms with Gasteiger partial charge >= 0.3 is 0 Å². The number of hydrogen-bond acceptors (Lipinski definition) is 8. The van der Waals surface area contributed by atoms with Gasteiger partial charge in [-0.3, -0.25) is 20.1 Å². The Morgan fingerprint density at radius 3 is 2.53 bits per heavy atom. The van der Waals surface area contributed by atoms with Crippen LogP contribution in [0.1, 0.15) is 36.8 Å². The van der Waals surface area contributed by atoms with Crippen molar-refractivity contribution in [2.45, 2.75) is 20.8 Å². The first-order valence-corrected chi connectivity index (χ1v) is 12.2. The molecular formula is C26H34N8O2. The number of hydrogen-bond donors (Lipinski definition) is 1. The van der Waals surface area contributed by atoms with E-state index >= 15 is 0 Å². The Hall–Kier alpha value is -3.68. The highest BCUT2D eigenvalue weighted by atomic mass is 16.5. The van der Waals surface area contributed by atoms with Gasteiger partial charge in [0.05, 0.1) is 12.8 Å². The zero-order valence-corrected chi connectivity index (χ0v) is 21.4. The van der Waals surface area contributed by atoms with E-state index in [0.717, 1.165) is 45.0 Å². The number of rotatable bonds is 8. The molecule has 2 aromatic heterocycles. The zero-order chi connectivity index (χ0) is 25.7. The van der Waals surface area contributed by atoms with E-state index in [2.05, 4.69) is 52.1 Å². The number of benzene rings is 1. The SMILES string of the molecule is COCCN1CCN(c2ccc(C(=O)NN(CC(C)(C)C)c3cc(C#N)nc4ccnn34)cc2)CC1. The van der Waals surface area contributed by atoms with Gasteiger partial charge in [-0.2, -0.15) is 14.9 Å². The highest BCUT2D eigenvalue weighted by Gasteiger charge is 2.23. The quantitative estimate of drug-likeness (QED) is 0.481. The largest absolute Gasteiger partial charge is 0.383 e. The molecule has 1 aromatic carbocycles. The fraction of sp³-hybridized carbons (Fsp3) is 0.462. The Morgan fingerprint density at radius 2 is 1.89 bits per heavy atom. The molecule has 1 N–H and O–H groups in total. The number of ether oxygens (including phenoxy) is 1. The molecule has 0 radical (unpaired) electrons. The molecule has 3 heterocycles. The number of methoxy groups -OCH3 is 1. The number of amides is 1. The van der Waals surface area contributed by atoms with E-state index in [0.29, 0.717) is 23.6 Å². The Labute approximate surface area is 212 Å². The third-order valence-corrected chi connectivity index (χ3v) is 6.08. The number of nitrogens with one attached hydrogen (secondary N) is 1. The molecule has 1 fully saturated rings. The summed E-state index contributed by atoms with van der Waals surface area (Å²) in [5, 5.41) is 15.6. The molecule has 0 bridgehead atoms. The lowest BCUT2D eigenvalue weighted by atomic mass is 9.96. The van der Waals surface area contributed by atoms with Gasteiger partial charge in [-0.25, -0.2) is 4.98 Å². The summed E-state index contributed by atoms with van der Waals surface area (Å²) in [6.45, 7) is 12.3. The van der Waals surface area contributed by atoms with Crippen LogP contribution >= 0.6 is 0 Å². The lowest BCUT2D eigenvalue weighted by Gasteiger charge is -2.36. The van der Waals surface area contributed by atoms with Crippen molar-refractivity contribution in [2.75, 3.05) is 62.9 Å². The maximum atomic E-state index is 13.3. The van der Waals surface area contributed by atoms with E-state index < -0.39 is 0 Å². The molecule has 10 nitrogen and oxygen atoms in total. The molecule has 0 atom stereocenters. The van der Waals surface area contributed by atoms with Crippen LogP contribution in [0.2, 0.25) is 0 Å². The number of carbonyl (C=O) groups is 1. The Bertz CT molecular complexity index is 1220. The number of nitrogens with zero attached hydrogens (tertiary/aromatic N) is 7. The average Bonchev–Trinajstić information content (AvgIpc) is 3.35. The van der Waals surface area contributed by atoms with Crippen LogP contribution in [0.5, 0.6) is 0 Å². The van der Waals surface area contributed by atoms with E-state index in [1.165, 1.54) is 0 Å². The van der Waals surface area contributed by atoms with Crippen molar-refractivity contribution in [1.29, 1.82) is 5.26 Å². The first kappa shape index (κ1) is 25.4. The maximum Gasteiger partial charge on any atom is 0.269 e. The molecule has 1 aliphatic heterocycles. The lowest BCUT2D eigenvalue weighted by molar-refractivity contribution is 0.0945. The van der Waals surface area contributed by atoms with Crippen LogP contribution < -0.4 is 15.3 Å². The number of carbonyl (C=O) groups excluding carboxylic acids is 1. The van der Waals surface area contributed by atoms with Gasteiger partial charge in [0.15, 0.2) is 11.5 Å². The predicted octanol–water partition coefficient (Wildman–Crippen LogP) is 2.57. The van der Waals surface area contributed by atoms with Crippen LogP contribution in [0.25, 0.3) is 5.65 Å². The van der Waals surface area contributed by atoms with Gasteiger partial charge in [0.25, 0.3) is 5.91 Å². The second kappa shape index (κ2) is 10.9. The summed E-state index contributed by atoms with van der Waals surface area (Å²) in [5.74, 6) is 0.346. The number of piperazine rings is 1. The van der Waals surface area contributed by atoms with Gasteiger partial charge in [-0.15, -0.1) is 0 Å². The summed E-state index contributed by atoms with van der Waals surface area (Å²) in [6, 6.07) is 13.2. The van der Waals surface area contributed by atoms with E-state index in [1.807, 2.05) is 24.3 Å². The predicted molar refractivity (Wildman–Crippen MR) is 139 cm³/mol. The average molecular weight is 491 g/mol. The molecule has 0 spiro atoms. The fourth-order valence-corrected chi connectivity index (χ4v) is 4.26. The minimum atomic E-state index is -0.231. The van der Waals surface area contributed by atoms with Gasteiger partial charge in [0.1, 0.15) is 11.8 Å². The number of nitriles is 1. The number of anilines is 2. The Morgan fingerprint density at radius 1 is 1.17 bits per heavy atom. The fourth-order valence-electron chi connectivity index (χ4n) is 4.26. The van der Waals surface area contributed by atoms with Crippen LogP contribution in [0.15, 0.2) is 42.6 Å². The maximum absolute atomic E-state index is 13.3. The number of aromatic nitrogens is 3. The molecule has 190 valence electrons. The van der Waals surface area contributed by atoms with Crippen LogP contribution in [0.3, 0.4) is 0 Å². The molecule has 36 heavy (non-hydrogen) atoms. The van der Waals surface area contributed by atoms with E-state index in [-0.39, 0.29) is 17.0 Å². The second-order valence-electron chi connectivity index (χ2n) is 10.2. The topological polar surface area (TPSA) is 102 Å². The van der Waals surface area contributed by atoms with Crippen molar-refractivity contribution in [3.05, 3.63) is 53.9 Å². The van der Waals surface area contributed by atoms with Crippen LogP contribution in [-0.2, 0) is 4.74 Å². The van der Waals surface area contributed by atoms with Crippen molar-refractivity contribution in [1.82, 2.24) is 24.9 Å². The Balaban J connectivity index is 1.49. The summed E-state index contributed by atoms with van der Waals surface area (Å²) in [5.41, 5.74) is 5.36. The van der Waals surface area contributed by atoms with Crippen LogP contribution in [-0.4, -0.2) is 78.4 Å². The first-order chi connectivity index (χ1) is 17.3. The standard InChI is InChI=1S/C26H34N8O2/c1-26(2,3)19-33(24-17-21(18-27)29-23-9-10-28-34(23)24)30-25(35)20-5-7-22(8-6-20)32-13-11-31(12-14-32)15-16-36-4/h5-10,17H,11-16,19H2,1-4H3,(H,30,35). The van der Waals surface area contributed by atoms with E-state index in [9.17, 15) is 10.1 Å². The van der Waals surface area contributed by atoms with Crippen molar-refractivity contribution in [3.8, 4) is 6.07 Å². The number of fused-ring (bicyclic) bond motifs is 1. The van der Waals surface area contributed by atoms with Gasteiger partial charge in [0.2, 0.25) is 0 Å². The minimum absolute atomic E-state index is 0.141. The zero-order valence-electron chi connectivity index (χ0n) is 21.4. The van der Waals surface area contributed by atoms with E-state index in [1.54, 1.807) is 35.0 Å². The van der Waals surface area contributed by atoms with Crippen molar-refractivity contribution in [3.63, 3.8) is 0 Å². The van der Waals surface area contributed by atoms with Gasteiger partial charge in [-0.05, 0) is 29.7 Å². The molecule has 1 amide bonds. The molecule has 0 unspecified atom stereocenters. The summed E-state index contributed by atoms with van der Waals surface area (Å²) < 4.78 is 6.81. The van der Waals surface area contributed by atoms with E-state index in [4.69, 9.17) is 4.74 Å². The van der Waals surface area contributed by atoms with Crippen LogP contribution in [0, 0.1) is 16.7 Å². The first-order valence-electron chi connectivity index (χ1n) is 12.2. The second-order valence-corrected chi connectivity index (χ2v) is 10.2. The van der Waals surface area contributed by atoms with Crippen molar-refractivity contribution >= 4 is 23.1 Å². The van der Waals surface area contributed by atoms with Crippen molar-refractivity contribution < 1.29 is 9.53 Å². The molecule has 4 rings (SSSR count). The molecule has 0 saturated carbocycles. The highest BCUT2D eigenvalue weighted by molar-refractivity contribution is 5.95. The Kier molecular flexibility index (Phi) is 7.72. The normalized spacial score (nSPS) is 14.6. The van der Waals surface area contributed by atoms with Gasteiger partial charge in [0, 0.05) is 69.8 Å². The summed E-state index contributed by atoms with van der Waals surface area (Å²) >= 11 is 0. The molecule has 3 aromatic rings. The summed E-state index contributed by atoms with van der Waals surface area (Å²) in [7, 11) is 1.73. The number of hydrazine groups is 1. The third kappa shape index (κ3) is 6.11. The highest BCUT2D eigenvalue weighted by Crippen LogP contribution is 2.23. The lowest BCUT2D eigenvalue weighted by Crippen LogP contribution is -2.48. The van der Waals surface area contributed by atoms with Crippen LogP contribution in [0.4, 0.5) is 11.5 Å². The minimum Gasteiger partial charge on any atom is -0.383 e.